The van der Waals surface area contributed by atoms with Crippen molar-refractivity contribution < 1.29 is 4.39 Å². The second-order valence-electron chi connectivity index (χ2n) is 3.74. The Morgan fingerprint density at radius 2 is 2.07 bits per heavy atom. The highest BCUT2D eigenvalue weighted by atomic mass is 32.2. The second kappa shape index (κ2) is 4.32. The average Bonchev–Trinajstić information content (AvgIpc) is 2.56. The molecule has 0 amide bonds. The Morgan fingerprint density at radius 1 is 1.29 bits per heavy atom. The lowest BCUT2D eigenvalue weighted by atomic mass is 10.3. The van der Waals surface area contributed by atoms with Crippen LogP contribution in [0.1, 0.15) is 19.3 Å². The van der Waals surface area contributed by atoms with Gasteiger partial charge in [-0.25, -0.2) is 4.39 Å². The quantitative estimate of drug-likeness (QED) is 0.814. The van der Waals surface area contributed by atoms with Crippen LogP contribution in [0.3, 0.4) is 0 Å². The van der Waals surface area contributed by atoms with Crippen LogP contribution in [0.25, 0.3) is 0 Å². The summed E-state index contributed by atoms with van der Waals surface area (Å²) in [5, 5.41) is 0.502. The molecule has 0 aromatic heterocycles. The molecular formula is C11H14FNS. The Hall–Kier alpha value is -0.540. The maximum atomic E-state index is 13.3. The van der Waals surface area contributed by atoms with Crippen molar-refractivity contribution in [3.63, 3.8) is 0 Å². The van der Waals surface area contributed by atoms with Gasteiger partial charge >= 0.3 is 0 Å². The van der Waals surface area contributed by atoms with Gasteiger partial charge in [-0.3, -0.25) is 0 Å². The van der Waals surface area contributed by atoms with Crippen molar-refractivity contribution in [1.29, 1.82) is 0 Å². The van der Waals surface area contributed by atoms with Crippen molar-refractivity contribution >= 4 is 11.8 Å². The number of thioether (sulfide) groups is 1. The summed E-state index contributed by atoms with van der Waals surface area (Å²) in [7, 11) is 0. The van der Waals surface area contributed by atoms with E-state index in [1.807, 2.05) is 12.1 Å². The summed E-state index contributed by atoms with van der Waals surface area (Å²) in [6.07, 6.45) is 3.20. The van der Waals surface area contributed by atoms with Gasteiger partial charge in [-0.05, 0) is 31.4 Å². The molecule has 1 aromatic rings. The van der Waals surface area contributed by atoms with Crippen molar-refractivity contribution in [3.05, 3.63) is 30.1 Å². The molecule has 1 nitrogen and oxygen atoms in total. The molecule has 1 aliphatic rings. The molecule has 0 saturated heterocycles. The van der Waals surface area contributed by atoms with Gasteiger partial charge in [-0.2, -0.15) is 0 Å². The lowest BCUT2D eigenvalue weighted by Crippen LogP contribution is -2.15. The van der Waals surface area contributed by atoms with Gasteiger partial charge in [0.25, 0.3) is 0 Å². The molecule has 3 heteroatoms. The third-order valence-corrected chi connectivity index (χ3v) is 3.90. The summed E-state index contributed by atoms with van der Waals surface area (Å²) < 4.78 is 13.3. The summed E-state index contributed by atoms with van der Waals surface area (Å²) in [6, 6.07) is 7.26. The molecule has 0 heterocycles. The number of rotatable bonds is 2. The van der Waals surface area contributed by atoms with E-state index in [1.54, 1.807) is 17.8 Å². The zero-order valence-corrected chi connectivity index (χ0v) is 8.77. The molecule has 14 heavy (non-hydrogen) atoms. The van der Waals surface area contributed by atoms with Gasteiger partial charge in [-0.15, -0.1) is 11.8 Å². The summed E-state index contributed by atoms with van der Waals surface area (Å²) in [4.78, 5) is 0.756. The molecule has 1 fully saturated rings. The van der Waals surface area contributed by atoms with Crippen LogP contribution in [0.15, 0.2) is 29.2 Å². The Morgan fingerprint density at radius 3 is 2.71 bits per heavy atom. The number of benzene rings is 1. The summed E-state index contributed by atoms with van der Waals surface area (Å²) in [5.74, 6) is -0.113. The van der Waals surface area contributed by atoms with E-state index in [4.69, 9.17) is 5.73 Å². The van der Waals surface area contributed by atoms with Gasteiger partial charge in [0.2, 0.25) is 0 Å². The highest BCUT2D eigenvalue weighted by molar-refractivity contribution is 8.00. The summed E-state index contributed by atoms with van der Waals surface area (Å²) >= 11 is 1.63. The van der Waals surface area contributed by atoms with Crippen molar-refractivity contribution in [2.24, 2.45) is 5.73 Å². The van der Waals surface area contributed by atoms with Gasteiger partial charge in [0.1, 0.15) is 5.82 Å². The van der Waals surface area contributed by atoms with Crippen molar-refractivity contribution in [2.75, 3.05) is 0 Å². The fraction of sp³-hybridized carbons (Fsp3) is 0.455. The smallest absolute Gasteiger partial charge is 0.136 e. The van der Waals surface area contributed by atoms with Gasteiger partial charge in [0.15, 0.2) is 0 Å². The summed E-state index contributed by atoms with van der Waals surface area (Å²) in [6.45, 7) is 0. The van der Waals surface area contributed by atoms with Crippen molar-refractivity contribution in [3.8, 4) is 0 Å². The minimum atomic E-state index is -0.113. The molecule has 0 spiro atoms. The van der Waals surface area contributed by atoms with Crippen LogP contribution in [-0.2, 0) is 0 Å². The normalized spacial score (nSPS) is 26.7. The van der Waals surface area contributed by atoms with Crippen LogP contribution in [0.5, 0.6) is 0 Å². The lowest BCUT2D eigenvalue weighted by molar-refractivity contribution is 0.601. The van der Waals surface area contributed by atoms with Crippen LogP contribution in [0.2, 0.25) is 0 Å². The number of halogens is 1. The molecule has 1 aromatic carbocycles. The maximum absolute atomic E-state index is 13.3. The molecule has 0 radical (unpaired) electrons. The number of hydrogen-bond donors (Lipinski definition) is 1. The Kier molecular flexibility index (Phi) is 3.08. The zero-order valence-electron chi connectivity index (χ0n) is 7.95. The third kappa shape index (κ3) is 2.28. The van der Waals surface area contributed by atoms with Gasteiger partial charge in [0, 0.05) is 16.2 Å². The topological polar surface area (TPSA) is 26.0 Å². The van der Waals surface area contributed by atoms with Crippen LogP contribution < -0.4 is 5.73 Å². The minimum Gasteiger partial charge on any atom is -0.328 e. The number of hydrogen-bond acceptors (Lipinski definition) is 2. The second-order valence-corrected chi connectivity index (χ2v) is 5.09. The molecule has 1 aliphatic carbocycles. The molecule has 0 bridgehead atoms. The third-order valence-electron chi connectivity index (χ3n) is 2.56. The first kappa shape index (κ1) is 9.99. The zero-order chi connectivity index (χ0) is 9.97. The van der Waals surface area contributed by atoms with E-state index in [2.05, 4.69) is 0 Å². The van der Waals surface area contributed by atoms with E-state index < -0.39 is 0 Å². The largest absolute Gasteiger partial charge is 0.328 e. The van der Waals surface area contributed by atoms with E-state index in [-0.39, 0.29) is 5.82 Å². The first-order chi connectivity index (χ1) is 6.75. The van der Waals surface area contributed by atoms with Crippen LogP contribution in [0, 0.1) is 5.82 Å². The predicted molar refractivity (Wildman–Crippen MR) is 57.9 cm³/mol. The van der Waals surface area contributed by atoms with Crippen LogP contribution in [0.4, 0.5) is 4.39 Å². The van der Waals surface area contributed by atoms with E-state index in [1.165, 1.54) is 6.07 Å². The van der Waals surface area contributed by atoms with Gasteiger partial charge in [-0.1, -0.05) is 12.1 Å². The molecule has 1 saturated carbocycles. The van der Waals surface area contributed by atoms with E-state index in [0.29, 0.717) is 11.3 Å². The molecule has 2 rings (SSSR count). The molecule has 0 aliphatic heterocycles. The monoisotopic (exact) mass is 211 g/mol. The van der Waals surface area contributed by atoms with Crippen LogP contribution >= 0.6 is 11.8 Å². The van der Waals surface area contributed by atoms with Gasteiger partial charge < -0.3 is 5.73 Å². The van der Waals surface area contributed by atoms with Gasteiger partial charge in [0.05, 0.1) is 0 Å². The van der Waals surface area contributed by atoms with Crippen molar-refractivity contribution in [1.82, 2.24) is 0 Å². The van der Waals surface area contributed by atoms with E-state index >= 15 is 0 Å². The highest BCUT2D eigenvalue weighted by Gasteiger charge is 2.23. The molecule has 2 N–H and O–H groups in total. The Bertz CT molecular complexity index is 316. The molecular weight excluding hydrogens is 197 g/mol. The lowest BCUT2D eigenvalue weighted by Gasteiger charge is -2.09. The first-order valence-electron chi connectivity index (χ1n) is 4.92. The molecule has 2 unspecified atom stereocenters. The Balaban J connectivity index is 2.01. The standard InChI is InChI=1S/C11H14FNS/c12-10-3-1-2-4-11(10)14-9-6-5-8(13)7-9/h1-4,8-9H,5-7,13H2. The van der Waals surface area contributed by atoms with Crippen molar-refractivity contribution in [2.45, 2.75) is 35.4 Å². The average molecular weight is 211 g/mol. The molecule has 2 atom stereocenters. The SMILES string of the molecule is NC1CCC(Sc2ccccc2F)C1. The molecule has 76 valence electrons. The first-order valence-corrected chi connectivity index (χ1v) is 5.80. The maximum Gasteiger partial charge on any atom is 0.136 e. The minimum absolute atomic E-state index is 0.113. The van der Waals surface area contributed by atoms with E-state index in [0.717, 1.165) is 24.2 Å². The van der Waals surface area contributed by atoms with E-state index in [9.17, 15) is 4.39 Å². The highest BCUT2D eigenvalue weighted by Crippen LogP contribution is 2.35. The van der Waals surface area contributed by atoms with Crippen LogP contribution in [-0.4, -0.2) is 11.3 Å². The Labute approximate surface area is 87.9 Å². The fourth-order valence-corrected chi connectivity index (χ4v) is 3.09. The number of nitrogens with two attached hydrogens (primary N) is 1. The predicted octanol–water partition coefficient (Wildman–Crippen LogP) is 2.80. The summed E-state index contributed by atoms with van der Waals surface area (Å²) in [5.41, 5.74) is 5.81. The fourth-order valence-electron chi connectivity index (χ4n) is 1.80.